The number of nitrogens with zero attached hydrogens (tertiary/aromatic N) is 5. The number of aliphatic imine (C=N–C) groups is 1. The van der Waals surface area contributed by atoms with Gasteiger partial charge in [-0.05, 0) is 50.9 Å². The van der Waals surface area contributed by atoms with Crippen LogP contribution < -0.4 is 5.32 Å². The Morgan fingerprint density at radius 3 is 2.71 bits per heavy atom. The summed E-state index contributed by atoms with van der Waals surface area (Å²) in [5.41, 5.74) is 0. The molecule has 2 atom stereocenters. The molecule has 1 aliphatic heterocycles. The molecule has 0 radical (unpaired) electrons. The van der Waals surface area contributed by atoms with E-state index in [2.05, 4.69) is 44.7 Å². The van der Waals surface area contributed by atoms with Crippen molar-refractivity contribution >= 4 is 29.9 Å². The largest absolute Gasteiger partial charge is 0.357 e. The fourth-order valence-corrected chi connectivity index (χ4v) is 4.30. The number of likely N-dealkylation sites (tertiary alicyclic amines) is 1. The van der Waals surface area contributed by atoms with Gasteiger partial charge in [0.25, 0.3) is 0 Å². The second-order valence-corrected chi connectivity index (χ2v) is 8.69. The second-order valence-electron chi connectivity index (χ2n) is 8.69. The molecule has 3 fully saturated rings. The lowest BCUT2D eigenvalue weighted by atomic mass is 9.93. The molecular weight excluding hydrogens is 463 g/mol. The molecule has 0 amide bonds. The number of rotatable bonds is 8. The zero-order valence-electron chi connectivity index (χ0n) is 17.5. The summed E-state index contributed by atoms with van der Waals surface area (Å²) >= 11 is 0. The third kappa shape index (κ3) is 5.84. The lowest BCUT2D eigenvalue weighted by Gasteiger charge is -2.39. The van der Waals surface area contributed by atoms with Gasteiger partial charge < -0.3 is 14.8 Å². The van der Waals surface area contributed by atoms with Gasteiger partial charge in [-0.2, -0.15) is 0 Å². The lowest BCUT2D eigenvalue weighted by Crippen LogP contribution is -2.49. The molecule has 1 aromatic heterocycles. The van der Waals surface area contributed by atoms with Crippen LogP contribution in [-0.4, -0.2) is 70.6 Å². The zero-order chi connectivity index (χ0) is 18.6. The van der Waals surface area contributed by atoms with Crippen LogP contribution in [0.15, 0.2) is 23.7 Å². The van der Waals surface area contributed by atoms with Crippen molar-refractivity contribution in [3.05, 3.63) is 18.7 Å². The summed E-state index contributed by atoms with van der Waals surface area (Å²) in [5.74, 6) is 2.74. The highest BCUT2D eigenvalue weighted by Crippen LogP contribution is 2.34. The van der Waals surface area contributed by atoms with Gasteiger partial charge in [0.05, 0.1) is 18.9 Å². The van der Waals surface area contributed by atoms with E-state index >= 15 is 0 Å². The Morgan fingerprint density at radius 1 is 1.25 bits per heavy atom. The molecule has 2 heterocycles. The van der Waals surface area contributed by atoms with Crippen LogP contribution in [0.25, 0.3) is 0 Å². The normalized spacial score (nSPS) is 25.7. The molecule has 2 aliphatic carbocycles. The molecule has 6 nitrogen and oxygen atoms in total. The van der Waals surface area contributed by atoms with Crippen molar-refractivity contribution < 1.29 is 0 Å². The minimum atomic E-state index is 0. The molecule has 0 spiro atoms. The summed E-state index contributed by atoms with van der Waals surface area (Å²) in [4.78, 5) is 14.4. The van der Waals surface area contributed by atoms with Gasteiger partial charge in [-0.1, -0.05) is 6.92 Å². The summed E-state index contributed by atoms with van der Waals surface area (Å²) in [6, 6.07) is 1.33. The molecule has 158 valence electrons. The number of hydrogen-bond donors (Lipinski definition) is 1. The van der Waals surface area contributed by atoms with Gasteiger partial charge in [0.2, 0.25) is 0 Å². The van der Waals surface area contributed by atoms with Crippen LogP contribution >= 0.6 is 24.0 Å². The predicted molar refractivity (Wildman–Crippen MR) is 125 cm³/mol. The van der Waals surface area contributed by atoms with Crippen molar-refractivity contribution in [3.8, 4) is 0 Å². The Balaban J connectivity index is 0.00000225. The Labute approximate surface area is 187 Å². The fourth-order valence-electron chi connectivity index (χ4n) is 4.30. The highest BCUT2D eigenvalue weighted by molar-refractivity contribution is 14.0. The first-order valence-corrected chi connectivity index (χ1v) is 11.0. The minimum Gasteiger partial charge on any atom is -0.357 e. The van der Waals surface area contributed by atoms with E-state index < -0.39 is 0 Å². The molecule has 3 aliphatic rings. The van der Waals surface area contributed by atoms with Crippen LogP contribution in [0.2, 0.25) is 0 Å². The molecule has 4 rings (SSSR count). The third-order valence-corrected chi connectivity index (χ3v) is 6.36. The van der Waals surface area contributed by atoms with Crippen molar-refractivity contribution in [1.82, 2.24) is 24.7 Å². The number of guanidine groups is 1. The molecule has 0 aromatic carbocycles. The maximum Gasteiger partial charge on any atom is 0.194 e. The predicted octanol–water partition coefficient (Wildman–Crippen LogP) is 3.22. The van der Waals surface area contributed by atoms with Crippen LogP contribution in [0.1, 0.15) is 52.0 Å². The first kappa shape index (κ1) is 21.9. The van der Waals surface area contributed by atoms with Crippen LogP contribution in [0.5, 0.6) is 0 Å². The van der Waals surface area contributed by atoms with Crippen LogP contribution in [0.3, 0.4) is 0 Å². The third-order valence-electron chi connectivity index (χ3n) is 6.36. The second kappa shape index (κ2) is 10.3. The molecule has 1 saturated heterocycles. The number of hydrogen-bond acceptors (Lipinski definition) is 3. The molecule has 2 saturated carbocycles. The van der Waals surface area contributed by atoms with Crippen LogP contribution in [0, 0.1) is 11.8 Å². The van der Waals surface area contributed by atoms with E-state index in [1.165, 1.54) is 38.6 Å². The van der Waals surface area contributed by atoms with Crippen LogP contribution in [0.4, 0.5) is 0 Å². The van der Waals surface area contributed by atoms with Gasteiger partial charge in [-0.25, -0.2) is 4.98 Å². The summed E-state index contributed by atoms with van der Waals surface area (Å²) in [5, 5.41) is 3.54. The maximum atomic E-state index is 5.02. The number of imidazole rings is 1. The lowest BCUT2D eigenvalue weighted by molar-refractivity contribution is 0.188. The quantitative estimate of drug-likeness (QED) is 0.339. The van der Waals surface area contributed by atoms with E-state index in [4.69, 9.17) is 4.99 Å². The number of nitrogens with one attached hydrogen (secondary N) is 1. The SMILES string of the molecule is CCNC(=NCCN(CC1CC1)C1CC1)N1CCC(C)C(n2ccnc2)C1.I. The first-order chi connectivity index (χ1) is 13.2. The fraction of sp³-hybridized carbons (Fsp3) is 0.810. The summed E-state index contributed by atoms with van der Waals surface area (Å²) in [6.45, 7) is 10.9. The molecule has 1 aromatic rings. The monoisotopic (exact) mass is 500 g/mol. The summed E-state index contributed by atoms with van der Waals surface area (Å²) < 4.78 is 2.27. The Morgan fingerprint density at radius 2 is 2.07 bits per heavy atom. The highest BCUT2D eigenvalue weighted by atomic mass is 127. The van der Waals surface area contributed by atoms with E-state index in [-0.39, 0.29) is 24.0 Å². The van der Waals surface area contributed by atoms with Gasteiger partial charge in [-0.15, -0.1) is 24.0 Å². The van der Waals surface area contributed by atoms with E-state index in [0.29, 0.717) is 12.0 Å². The Kier molecular flexibility index (Phi) is 8.02. The van der Waals surface area contributed by atoms with Gasteiger partial charge in [0, 0.05) is 51.2 Å². The Bertz CT molecular complexity index is 610. The van der Waals surface area contributed by atoms with Crippen molar-refractivity contribution in [2.24, 2.45) is 16.8 Å². The Hall–Kier alpha value is -0.830. The number of halogens is 1. The van der Waals surface area contributed by atoms with E-state index in [9.17, 15) is 0 Å². The van der Waals surface area contributed by atoms with E-state index in [0.717, 1.165) is 50.6 Å². The summed E-state index contributed by atoms with van der Waals surface area (Å²) in [7, 11) is 0. The molecule has 28 heavy (non-hydrogen) atoms. The maximum absolute atomic E-state index is 5.02. The topological polar surface area (TPSA) is 48.7 Å². The van der Waals surface area contributed by atoms with E-state index in [1.807, 2.05) is 12.5 Å². The molecular formula is C21H37IN6. The summed E-state index contributed by atoms with van der Waals surface area (Å²) in [6.07, 6.45) is 12.8. The van der Waals surface area contributed by atoms with Crippen molar-refractivity contribution in [2.75, 3.05) is 39.3 Å². The van der Waals surface area contributed by atoms with Gasteiger partial charge >= 0.3 is 0 Å². The van der Waals surface area contributed by atoms with Crippen molar-refractivity contribution in [1.29, 1.82) is 0 Å². The van der Waals surface area contributed by atoms with Gasteiger partial charge in [0.15, 0.2) is 5.96 Å². The zero-order valence-corrected chi connectivity index (χ0v) is 19.8. The van der Waals surface area contributed by atoms with Gasteiger partial charge in [0.1, 0.15) is 0 Å². The van der Waals surface area contributed by atoms with E-state index in [1.54, 1.807) is 0 Å². The van der Waals surface area contributed by atoms with Crippen molar-refractivity contribution in [3.63, 3.8) is 0 Å². The first-order valence-electron chi connectivity index (χ1n) is 11.0. The molecule has 0 bridgehead atoms. The number of piperidine rings is 1. The minimum absolute atomic E-state index is 0. The molecule has 1 N–H and O–H groups in total. The highest BCUT2D eigenvalue weighted by Gasteiger charge is 2.33. The molecule has 7 heteroatoms. The van der Waals surface area contributed by atoms with Crippen LogP contribution in [-0.2, 0) is 0 Å². The standard InChI is InChI=1S/C21H36N6.HI/c1-3-23-21(24-10-13-25(19-6-7-19)14-18-4-5-18)26-11-8-17(2)20(15-26)27-12-9-22-16-27;/h9,12,16-20H,3-8,10-11,13-15H2,1-2H3,(H,23,24);1H. The average Bonchev–Trinajstić information content (AvgIpc) is 3.60. The average molecular weight is 500 g/mol. The molecule has 2 unspecified atom stereocenters. The van der Waals surface area contributed by atoms with Crippen molar-refractivity contribution in [2.45, 2.75) is 58.0 Å². The van der Waals surface area contributed by atoms with Gasteiger partial charge in [-0.3, -0.25) is 9.89 Å². The number of aromatic nitrogens is 2. The smallest absolute Gasteiger partial charge is 0.194 e.